The molecule has 18 heavy (non-hydrogen) atoms. The summed E-state index contributed by atoms with van der Waals surface area (Å²) in [6, 6.07) is 20.5. The maximum atomic E-state index is 9.51. The van der Waals surface area contributed by atoms with Crippen LogP contribution in [0, 0.1) is 0 Å². The van der Waals surface area contributed by atoms with Gasteiger partial charge < -0.3 is 10.4 Å². The van der Waals surface area contributed by atoms with E-state index in [-0.39, 0.29) is 18.7 Å². The number of aliphatic hydroxyl groups excluding tert-OH is 1. The molecule has 94 valence electrons. The van der Waals surface area contributed by atoms with Gasteiger partial charge in [-0.05, 0) is 18.1 Å². The van der Waals surface area contributed by atoms with Crippen molar-refractivity contribution in [2.24, 2.45) is 0 Å². The van der Waals surface area contributed by atoms with Crippen molar-refractivity contribution in [3.05, 3.63) is 71.8 Å². The third-order valence-electron chi connectivity index (χ3n) is 3.14. The standard InChI is InChI=1S/C16H19NO/c1-13(14-8-4-2-5-9-14)17-16(12-18)15-10-6-3-7-11-15/h2-11,13,16-18H,12H2,1H3. The number of rotatable bonds is 5. The normalized spacial score (nSPS) is 14.1. The Kier molecular flexibility index (Phi) is 4.51. The van der Waals surface area contributed by atoms with Crippen molar-refractivity contribution in [3.8, 4) is 0 Å². The van der Waals surface area contributed by atoms with Crippen LogP contribution in [0.2, 0.25) is 0 Å². The average Bonchev–Trinajstić information content (AvgIpc) is 2.46. The van der Waals surface area contributed by atoms with Gasteiger partial charge in [0.05, 0.1) is 12.6 Å². The van der Waals surface area contributed by atoms with Gasteiger partial charge in [-0.3, -0.25) is 0 Å². The Morgan fingerprint density at radius 2 is 1.39 bits per heavy atom. The fourth-order valence-electron chi connectivity index (χ4n) is 2.08. The predicted molar refractivity (Wildman–Crippen MR) is 74.3 cm³/mol. The first-order valence-corrected chi connectivity index (χ1v) is 6.28. The summed E-state index contributed by atoms with van der Waals surface area (Å²) in [5, 5.41) is 13.0. The van der Waals surface area contributed by atoms with Crippen LogP contribution in [0.5, 0.6) is 0 Å². The summed E-state index contributed by atoms with van der Waals surface area (Å²) in [4.78, 5) is 0. The van der Waals surface area contributed by atoms with E-state index in [4.69, 9.17) is 0 Å². The summed E-state index contributed by atoms with van der Waals surface area (Å²) in [5.74, 6) is 0. The van der Waals surface area contributed by atoms with E-state index in [1.54, 1.807) is 0 Å². The molecule has 0 spiro atoms. The third kappa shape index (κ3) is 3.19. The largest absolute Gasteiger partial charge is 0.394 e. The minimum atomic E-state index is -0.0265. The molecule has 0 saturated carbocycles. The van der Waals surface area contributed by atoms with Crippen LogP contribution in [0.1, 0.15) is 30.1 Å². The van der Waals surface area contributed by atoms with Crippen LogP contribution in [-0.4, -0.2) is 11.7 Å². The summed E-state index contributed by atoms with van der Waals surface area (Å²) >= 11 is 0. The third-order valence-corrected chi connectivity index (χ3v) is 3.14. The molecule has 0 fully saturated rings. The van der Waals surface area contributed by atoms with Gasteiger partial charge in [-0.15, -0.1) is 0 Å². The van der Waals surface area contributed by atoms with Crippen molar-refractivity contribution in [2.45, 2.75) is 19.0 Å². The Morgan fingerprint density at radius 1 is 0.889 bits per heavy atom. The van der Waals surface area contributed by atoms with Gasteiger partial charge in [-0.2, -0.15) is 0 Å². The first kappa shape index (κ1) is 12.8. The average molecular weight is 241 g/mol. The van der Waals surface area contributed by atoms with E-state index in [1.807, 2.05) is 48.5 Å². The van der Waals surface area contributed by atoms with E-state index in [0.717, 1.165) is 5.56 Å². The zero-order valence-corrected chi connectivity index (χ0v) is 10.6. The highest BCUT2D eigenvalue weighted by molar-refractivity contribution is 5.22. The summed E-state index contributed by atoms with van der Waals surface area (Å²) in [6.45, 7) is 2.21. The van der Waals surface area contributed by atoms with Crippen LogP contribution < -0.4 is 5.32 Å². The minimum Gasteiger partial charge on any atom is -0.394 e. The zero-order chi connectivity index (χ0) is 12.8. The summed E-state index contributed by atoms with van der Waals surface area (Å²) in [7, 11) is 0. The van der Waals surface area contributed by atoms with E-state index in [9.17, 15) is 5.11 Å². The molecule has 2 nitrogen and oxygen atoms in total. The molecule has 0 saturated heterocycles. The zero-order valence-electron chi connectivity index (χ0n) is 10.6. The first-order valence-electron chi connectivity index (χ1n) is 6.28. The molecule has 2 unspecified atom stereocenters. The topological polar surface area (TPSA) is 32.3 Å². The highest BCUT2D eigenvalue weighted by Gasteiger charge is 2.13. The van der Waals surface area contributed by atoms with Crippen molar-refractivity contribution < 1.29 is 5.11 Å². The SMILES string of the molecule is CC(NC(CO)c1ccccc1)c1ccccc1. The highest BCUT2D eigenvalue weighted by Crippen LogP contribution is 2.18. The molecule has 0 heterocycles. The quantitative estimate of drug-likeness (QED) is 0.843. The Labute approximate surface area is 108 Å². The molecule has 0 amide bonds. The van der Waals surface area contributed by atoms with Crippen molar-refractivity contribution in [1.82, 2.24) is 5.32 Å². The lowest BCUT2D eigenvalue weighted by molar-refractivity contribution is 0.235. The van der Waals surface area contributed by atoms with E-state index in [1.165, 1.54) is 5.56 Å². The molecular weight excluding hydrogens is 222 g/mol. The van der Waals surface area contributed by atoms with Gasteiger partial charge in [0, 0.05) is 6.04 Å². The lowest BCUT2D eigenvalue weighted by Gasteiger charge is -2.22. The van der Waals surface area contributed by atoms with Crippen molar-refractivity contribution in [2.75, 3.05) is 6.61 Å². The molecule has 0 bridgehead atoms. The molecule has 0 radical (unpaired) electrons. The van der Waals surface area contributed by atoms with Crippen molar-refractivity contribution in [3.63, 3.8) is 0 Å². The predicted octanol–water partition coefficient (Wildman–Crippen LogP) is 3.07. The Morgan fingerprint density at radius 3 is 1.89 bits per heavy atom. The summed E-state index contributed by atoms with van der Waals surface area (Å²) in [5.41, 5.74) is 2.34. The fourth-order valence-corrected chi connectivity index (χ4v) is 2.08. The van der Waals surface area contributed by atoms with E-state index < -0.39 is 0 Å². The lowest BCUT2D eigenvalue weighted by Crippen LogP contribution is -2.27. The minimum absolute atomic E-state index is 0.0265. The van der Waals surface area contributed by atoms with Crippen molar-refractivity contribution in [1.29, 1.82) is 0 Å². The molecule has 2 rings (SSSR count). The van der Waals surface area contributed by atoms with Gasteiger partial charge in [-0.25, -0.2) is 0 Å². The smallest absolute Gasteiger partial charge is 0.0626 e. The second-order valence-corrected chi connectivity index (χ2v) is 4.44. The van der Waals surface area contributed by atoms with Crippen LogP contribution in [0.3, 0.4) is 0 Å². The van der Waals surface area contributed by atoms with Crippen LogP contribution in [0.15, 0.2) is 60.7 Å². The second kappa shape index (κ2) is 6.34. The molecule has 0 aliphatic rings. The van der Waals surface area contributed by atoms with Gasteiger partial charge in [-0.1, -0.05) is 60.7 Å². The maximum absolute atomic E-state index is 9.51. The molecule has 0 aliphatic carbocycles. The number of benzene rings is 2. The Bertz CT molecular complexity index is 455. The second-order valence-electron chi connectivity index (χ2n) is 4.44. The molecule has 2 atom stereocenters. The first-order chi connectivity index (χ1) is 8.81. The number of nitrogens with one attached hydrogen (secondary N) is 1. The Balaban J connectivity index is 2.07. The van der Waals surface area contributed by atoms with Gasteiger partial charge in [0.25, 0.3) is 0 Å². The van der Waals surface area contributed by atoms with Gasteiger partial charge in [0.15, 0.2) is 0 Å². The molecule has 2 aromatic rings. The highest BCUT2D eigenvalue weighted by atomic mass is 16.3. The van der Waals surface area contributed by atoms with Gasteiger partial charge in [0.2, 0.25) is 0 Å². The molecule has 0 aliphatic heterocycles. The number of hydrogen-bond donors (Lipinski definition) is 2. The molecule has 2 heteroatoms. The van der Waals surface area contributed by atoms with Crippen LogP contribution in [0.25, 0.3) is 0 Å². The number of hydrogen-bond acceptors (Lipinski definition) is 2. The number of aliphatic hydroxyl groups is 1. The molecule has 2 N–H and O–H groups in total. The monoisotopic (exact) mass is 241 g/mol. The van der Waals surface area contributed by atoms with Crippen LogP contribution >= 0.6 is 0 Å². The molecular formula is C16H19NO. The van der Waals surface area contributed by atoms with Crippen molar-refractivity contribution >= 4 is 0 Å². The van der Waals surface area contributed by atoms with Gasteiger partial charge >= 0.3 is 0 Å². The van der Waals surface area contributed by atoms with E-state index in [0.29, 0.717) is 0 Å². The van der Waals surface area contributed by atoms with E-state index >= 15 is 0 Å². The van der Waals surface area contributed by atoms with Crippen LogP contribution in [0.4, 0.5) is 0 Å². The fraction of sp³-hybridized carbons (Fsp3) is 0.250. The van der Waals surface area contributed by atoms with Gasteiger partial charge in [0.1, 0.15) is 0 Å². The van der Waals surface area contributed by atoms with E-state index in [2.05, 4.69) is 24.4 Å². The maximum Gasteiger partial charge on any atom is 0.0626 e. The van der Waals surface area contributed by atoms with Crippen LogP contribution in [-0.2, 0) is 0 Å². The molecule has 0 aromatic heterocycles. The molecule has 2 aromatic carbocycles. The lowest BCUT2D eigenvalue weighted by atomic mass is 10.0. The summed E-state index contributed by atoms with van der Waals surface area (Å²) < 4.78 is 0. The summed E-state index contributed by atoms with van der Waals surface area (Å²) in [6.07, 6.45) is 0. The Hall–Kier alpha value is -1.64.